The molecule has 0 aromatic heterocycles. The molecule has 1 unspecified atom stereocenters. The van der Waals surface area contributed by atoms with Gasteiger partial charge in [-0.2, -0.15) is 0 Å². The predicted octanol–water partition coefficient (Wildman–Crippen LogP) is 2.31. The summed E-state index contributed by atoms with van der Waals surface area (Å²) in [6.07, 6.45) is 0.320. The van der Waals surface area contributed by atoms with Gasteiger partial charge >= 0.3 is 5.97 Å². The maximum Gasteiger partial charge on any atom is 0.337 e. The molecule has 0 fully saturated rings. The largest absolute Gasteiger partial charge is 0.465 e. The van der Waals surface area contributed by atoms with Gasteiger partial charge in [0.15, 0.2) is 0 Å². The summed E-state index contributed by atoms with van der Waals surface area (Å²) < 4.78 is 4.72. The third-order valence-corrected chi connectivity index (χ3v) is 4.61. The molecule has 0 radical (unpaired) electrons. The number of hydrogen-bond donors (Lipinski definition) is 2. The van der Waals surface area contributed by atoms with Crippen LogP contribution in [0.15, 0.2) is 42.5 Å². The van der Waals surface area contributed by atoms with Crippen LogP contribution in [-0.4, -0.2) is 30.9 Å². The number of carbonyl (C=O) groups is 3. The van der Waals surface area contributed by atoms with Gasteiger partial charge in [0.2, 0.25) is 11.8 Å². The van der Waals surface area contributed by atoms with Crippen LogP contribution in [0, 0.1) is 0 Å². The number of esters is 1. The van der Waals surface area contributed by atoms with E-state index in [0.29, 0.717) is 29.8 Å². The van der Waals surface area contributed by atoms with E-state index in [-0.39, 0.29) is 17.9 Å². The lowest BCUT2D eigenvalue weighted by atomic mass is 10.1. The van der Waals surface area contributed by atoms with Gasteiger partial charge in [-0.05, 0) is 42.8 Å². The van der Waals surface area contributed by atoms with E-state index in [2.05, 4.69) is 10.2 Å². The number of ether oxygens (including phenoxy) is 1. The molecule has 0 spiro atoms. The molecule has 0 saturated heterocycles. The topological polar surface area (TPSA) is 102 Å². The van der Waals surface area contributed by atoms with Gasteiger partial charge < -0.3 is 20.7 Å². The number of methoxy groups -OCH3 is 1. The molecule has 2 aromatic rings. The second-order valence-electron chi connectivity index (χ2n) is 6.51. The minimum Gasteiger partial charge on any atom is -0.465 e. The number of anilines is 2. The van der Waals surface area contributed by atoms with Crippen molar-refractivity contribution in [2.45, 2.75) is 25.9 Å². The second-order valence-corrected chi connectivity index (χ2v) is 6.51. The first-order valence-electron chi connectivity index (χ1n) is 8.56. The van der Waals surface area contributed by atoms with E-state index in [4.69, 9.17) is 10.5 Å². The van der Waals surface area contributed by atoms with Crippen LogP contribution in [0.1, 0.15) is 39.6 Å². The highest BCUT2D eigenvalue weighted by atomic mass is 16.5. The minimum atomic E-state index is -0.547. The number of nitrogens with two attached hydrogens (primary N) is 1. The second kappa shape index (κ2) is 7.49. The Hall–Kier alpha value is -3.35. The zero-order chi connectivity index (χ0) is 19.6. The van der Waals surface area contributed by atoms with Crippen molar-refractivity contribution in [1.29, 1.82) is 0 Å². The van der Waals surface area contributed by atoms with E-state index in [0.717, 1.165) is 11.3 Å². The number of rotatable bonds is 4. The molecule has 27 heavy (non-hydrogen) atoms. The average molecular weight is 367 g/mol. The number of amides is 2. The van der Waals surface area contributed by atoms with Crippen LogP contribution in [0.3, 0.4) is 0 Å². The Labute approximate surface area is 157 Å². The quantitative estimate of drug-likeness (QED) is 0.808. The molecule has 0 bridgehead atoms. The number of primary amides is 1. The first kappa shape index (κ1) is 18.4. The number of carbonyl (C=O) groups excluding carboxylic acids is 3. The summed E-state index contributed by atoms with van der Waals surface area (Å²) in [5.74, 6) is -1.05. The van der Waals surface area contributed by atoms with E-state index >= 15 is 0 Å². The number of benzene rings is 2. The van der Waals surface area contributed by atoms with Gasteiger partial charge in [0.1, 0.15) is 0 Å². The van der Waals surface area contributed by atoms with Crippen molar-refractivity contribution in [3.05, 3.63) is 59.2 Å². The summed E-state index contributed by atoms with van der Waals surface area (Å²) in [5, 5.41) is 2.85. The predicted molar refractivity (Wildman–Crippen MR) is 102 cm³/mol. The molecule has 7 heteroatoms. The van der Waals surface area contributed by atoms with E-state index in [1.807, 2.05) is 19.1 Å². The molecule has 7 nitrogen and oxygen atoms in total. The standard InChI is InChI=1S/C20H21N3O4/c1-12-9-18(24)22-16-10-15(19(21)25)7-8-17(16)23(12)11-13-3-5-14(6-4-13)20(26)27-2/h3-8,10,12H,9,11H2,1-2H3,(H2,21,25)(H,22,24). The maximum atomic E-state index is 12.2. The van der Waals surface area contributed by atoms with Crippen molar-refractivity contribution in [1.82, 2.24) is 0 Å². The van der Waals surface area contributed by atoms with Crippen LogP contribution in [0.5, 0.6) is 0 Å². The summed E-state index contributed by atoms with van der Waals surface area (Å²) in [6.45, 7) is 2.51. The van der Waals surface area contributed by atoms with Crippen LogP contribution in [0.25, 0.3) is 0 Å². The summed E-state index contributed by atoms with van der Waals surface area (Å²) in [5.41, 5.74) is 8.53. The molecule has 1 aliphatic rings. The van der Waals surface area contributed by atoms with Crippen molar-refractivity contribution < 1.29 is 19.1 Å². The third-order valence-electron chi connectivity index (χ3n) is 4.61. The number of nitrogens with zero attached hydrogens (tertiary/aromatic N) is 1. The molecular formula is C20H21N3O4. The number of nitrogens with one attached hydrogen (secondary N) is 1. The molecule has 1 atom stereocenters. The van der Waals surface area contributed by atoms with E-state index in [9.17, 15) is 14.4 Å². The molecule has 0 aliphatic carbocycles. The summed E-state index contributed by atoms with van der Waals surface area (Å²) in [7, 11) is 1.34. The number of hydrogen-bond acceptors (Lipinski definition) is 5. The van der Waals surface area contributed by atoms with Crippen LogP contribution in [-0.2, 0) is 16.1 Å². The fourth-order valence-electron chi connectivity index (χ4n) is 3.16. The van der Waals surface area contributed by atoms with Gasteiger partial charge in [-0.15, -0.1) is 0 Å². The lowest BCUT2D eigenvalue weighted by molar-refractivity contribution is -0.116. The fourth-order valence-corrected chi connectivity index (χ4v) is 3.16. The van der Waals surface area contributed by atoms with Crippen molar-refractivity contribution >= 4 is 29.2 Å². The van der Waals surface area contributed by atoms with E-state index < -0.39 is 5.91 Å². The van der Waals surface area contributed by atoms with Gasteiger partial charge in [0.25, 0.3) is 0 Å². The molecular weight excluding hydrogens is 346 g/mol. The Balaban J connectivity index is 1.93. The van der Waals surface area contributed by atoms with Crippen molar-refractivity contribution in [2.24, 2.45) is 5.73 Å². The van der Waals surface area contributed by atoms with E-state index in [1.54, 1.807) is 30.3 Å². The molecule has 1 heterocycles. The molecule has 1 aliphatic heterocycles. The first-order chi connectivity index (χ1) is 12.9. The van der Waals surface area contributed by atoms with Crippen LogP contribution in [0.4, 0.5) is 11.4 Å². The van der Waals surface area contributed by atoms with Gasteiger partial charge in [0, 0.05) is 24.6 Å². The van der Waals surface area contributed by atoms with Crippen molar-refractivity contribution in [3.8, 4) is 0 Å². The fraction of sp³-hybridized carbons (Fsp3) is 0.250. The summed E-state index contributed by atoms with van der Waals surface area (Å²) >= 11 is 0. The Morgan fingerprint density at radius 1 is 1.19 bits per heavy atom. The molecule has 3 rings (SSSR count). The Morgan fingerprint density at radius 2 is 1.85 bits per heavy atom. The highest BCUT2D eigenvalue weighted by molar-refractivity contribution is 6.00. The van der Waals surface area contributed by atoms with Crippen LogP contribution in [0.2, 0.25) is 0 Å². The third kappa shape index (κ3) is 3.92. The zero-order valence-electron chi connectivity index (χ0n) is 15.2. The molecule has 140 valence electrons. The van der Waals surface area contributed by atoms with Crippen molar-refractivity contribution in [2.75, 3.05) is 17.3 Å². The Kier molecular flexibility index (Phi) is 5.12. The summed E-state index contributed by atoms with van der Waals surface area (Å²) in [4.78, 5) is 37.3. The normalized spacial score (nSPS) is 16.1. The molecule has 2 aromatic carbocycles. The SMILES string of the molecule is COC(=O)c1ccc(CN2c3ccc(C(N)=O)cc3NC(=O)CC2C)cc1. The minimum absolute atomic E-state index is 0.0500. The van der Waals surface area contributed by atoms with Gasteiger partial charge in [0.05, 0.1) is 24.0 Å². The number of fused-ring (bicyclic) bond motifs is 1. The van der Waals surface area contributed by atoms with Gasteiger partial charge in [-0.1, -0.05) is 12.1 Å². The molecule has 0 saturated carbocycles. The smallest absolute Gasteiger partial charge is 0.337 e. The lowest BCUT2D eigenvalue weighted by Gasteiger charge is -2.30. The first-order valence-corrected chi connectivity index (χ1v) is 8.56. The van der Waals surface area contributed by atoms with Gasteiger partial charge in [-0.3, -0.25) is 9.59 Å². The van der Waals surface area contributed by atoms with E-state index in [1.165, 1.54) is 7.11 Å². The van der Waals surface area contributed by atoms with Crippen LogP contribution < -0.4 is 16.0 Å². The Morgan fingerprint density at radius 3 is 2.48 bits per heavy atom. The van der Waals surface area contributed by atoms with Gasteiger partial charge in [-0.25, -0.2) is 4.79 Å². The maximum absolute atomic E-state index is 12.2. The monoisotopic (exact) mass is 367 g/mol. The molecule has 3 N–H and O–H groups in total. The highest BCUT2D eigenvalue weighted by Gasteiger charge is 2.26. The Bertz CT molecular complexity index is 893. The van der Waals surface area contributed by atoms with Crippen molar-refractivity contribution in [3.63, 3.8) is 0 Å². The summed E-state index contributed by atoms with van der Waals surface area (Å²) in [6, 6.07) is 12.1. The lowest BCUT2D eigenvalue weighted by Crippen LogP contribution is -2.33. The zero-order valence-corrected chi connectivity index (χ0v) is 15.2. The highest BCUT2D eigenvalue weighted by Crippen LogP contribution is 2.33. The average Bonchev–Trinajstić information content (AvgIpc) is 2.76. The van der Waals surface area contributed by atoms with Crippen LogP contribution >= 0.6 is 0 Å². The molecule has 2 amide bonds.